The lowest BCUT2D eigenvalue weighted by atomic mass is 9.90. The molecule has 6 heteroatoms. The van der Waals surface area contributed by atoms with Gasteiger partial charge >= 0.3 is 12.0 Å². The number of carbonyl (C=O) groups excluding carboxylic acids is 2. The maximum Gasteiger partial charge on any atom is 0.323 e. The first kappa shape index (κ1) is 17.7. The Balaban J connectivity index is 1.63. The minimum atomic E-state index is -0.855. The molecule has 0 unspecified atom stereocenters. The van der Waals surface area contributed by atoms with Crippen molar-refractivity contribution in [1.29, 1.82) is 0 Å². The van der Waals surface area contributed by atoms with Crippen LogP contribution in [0.3, 0.4) is 0 Å². The third-order valence-corrected chi connectivity index (χ3v) is 4.33. The second-order valence-corrected chi connectivity index (χ2v) is 6.32. The number of aryl methyl sites for hydroxylation is 2. The van der Waals surface area contributed by atoms with E-state index in [0.717, 1.165) is 29.5 Å². The number of hydrogen-bond acceptors (Lipinski definition) is 3. The van der Waals surface area contributed by atoms with E-state index in [1.54, 1.807) is 30.3 Å². The average Bonchev–Trinajstić information content (AvgIpc) is 2.60. The van der Waals surface area contributed by atoms with E-state index in [2.05, 4.69) is 10.6 Å². The van der Waals surface area contributed by atoms with Crippen LogP contribution >= 0.6 is 0 Å². The number of urea groups is 1. The molecule has 0 spiro atoms. The number of fused-ring (bicyclic) bond motifs is 1. The number of benzene rings is 2. The fourth-order valence-electron chi connectivity index (χ4n) is 3.07. The van der Waals surface area contributed by atoms with E-state index >= 15 is 0 Å². The molecule has 0 saturated carbocycles. The predicted octanol–water partition coefficient (Wildman–Crippen LogP) is 3.87. The molecule has 0 aromatic heterocycles. The van der Waals surface area contributed by atoms with Crippen LogP contribution in [0, 0.1) is 0 Å². The van der Waals surface area contributed by atoms with Gasteiger partial charge in [0.05, 0.1) is 0 Å². The Bertz CT molecular complexity index is 861. The number of anilines is 2. The molecule has 134 valence electrons. The molecular formula is C20H20N2O4. The van der Waals surface area contributed by atoms with E-state index in [9.17, 15) is 14.4 Å². The molecule has 0 atom stereocenters. The summed E-state index contributed by atoms with van der Waals surface area (Å²) in [6, 6.07) is 12.1. The van der Waals surface area contributed by atoms with Gasteiger partial charge < -0.3 is 15.7 Å². The molecule has 26 heavy (non-hydrogen) atoms. The summed E-state index contributed by atoms with van der Waals surface area (Å²) in [6.45, 7) is 0. The van der Waals surface area contributed by atoms with Crippen molar-refractivity contribution in [3.8, 4) is 0 Å². The van der Waals surface area contributed by atoms with Gasteiger partial charge in [0.25, 0.3) is 0 Å². The second kappa shape index (κ2) is 7.82. The number of rotatable bonds is 5. The first-order valence-corrected chi connectivity index (χ1v) is 8.56. The largest absolute Gasteiger partial charge is 0.481 e. The Morgan fingerprint density at radius 1 is 1.00 bits per heavy atom. The van der Waals surface area contributed by atoms with Gasteiger partial charge in [-0.3, -0.25) is 9.59 Å². The Morgan fingerprint density at radius 3 is 2.54 bits per heavy atom. The first-order chi connectivity index (χ1) is 12.5. The van der Waals surface area contributed by atoms with Crippen molar-refractivity contribution < 1.29 is 19.5 Å². The van der Waals surface area contributed by atoms with Crippen LogP contribution in [0.15, 0.2) is 42.5 Å². The topological polar surface area (TPSA) is 95.5 Å². The Hall–Kier alpha value is -3.15. The number of carboxylic acids is 1. The molecule has 2 aromatic carbocycles. The van der Waals surface area contributed by atoms with Crippen molar-refractivity contribution in [2.75, 3.05) is 10.6 Å². The molecule has 1 aliphatic carbocycles. The molecular weight excluding hydrogens is 332 g/mol. The molecule has 1 aliphatic rings. The summed E-state index contributed by atoms with van der Waals surface area (Å²) in [5.74, 6) is -0.701. The van der Waals surface area contributed by atoms with Crippen LogP contribution < -0.4 is 10.6 Å². The highest BCUT2D eigenvalue weighted by Crippen LogP contribution is 2.24. The van der Waals surface area contributed by atoms with Gasteiger partial charge in [0.15, 0.2) is 5.78 Å². The summed E-state index contributed by atoms with van der Waals surface area (Å²) in [5.41, 5.74) is 3.79. The zero-order valence-electron chi connectivity index (χ0n) is 14.2. The van der Waals surface area contributed by atoms with Gasteiger partial charge in [-0.2, -0.15) is 0 Å². The number of aliphatic carboxylic acids is 1. The van der Waals surface area contributed by atoms with Crippen LogP contribution in [0.1, 0.15) is 40.7 Å². The average molecular weight is 352 g/mol. The van der Waals surface area contributed by atoms with E-state index in [1.807, 2.05) is 12.1 Å². The number of Topliss-reactive ketones (excluding diaryl/α,β-unsaturated/α-hetero) is 1. The molecule has 0 bridgehead atoms. The molecule has 6 nitrogen and oxygen atoms in total. The minimum Gasteiger partial charge on any atom is -0.481 e. The lowest BCUT2D eigenvalue weighted by Gasteiger charge is -2.16. The second-order valence-electron chi connectivity index (χ2n) is 6.32. The van der Waals surface area contributed by atoms with E-state index in [4.69, 9.17) is 5.11 Å². The maximum atomic E-state index is 12.2. The predicted molar refractivity (Wildman–Crippen MR) is 98.8 cm³/mol. The van der Waals surface area contributed by atoms with Crippen LogP contribution in [0.25, 0.3) is 0 Å². The number of carboxylic acid groups (broad SMARTS) is 1. The minimum absolute atomic E-state index is 0.0451. The lowest BCUT2D eigenvalue weighted by molar-refractivity contribution is -0.136. The normalized spacial score (nSPS) is 13.0. The van der Waals surface area contributed by atoms with Gasteiger partial charge in [-0.25, -0.2) is 4.79 Å². The highest BCUT2D eigenvalue weighted by atomic mass is 16.4. The number of ketones is 1. The van der Waals surface area contributed by atoms with Gasteiger partial charge in [-0.15, -0.1) is 0 Å². The molecule has 0 heterocycles. The van der Waals surface area contributed by atoms with E-state index in [1.165, 1.54) is 0 Å². The maximum absolute atomic E-state index is 12.2. The third kappa shape index (κ3) is 4.47. The third-order valence-electron chi connectivity index (χ3n) is 4.33. The number of amides is 2. The smallest absolute Gasteiger partial charge is 0.323 e. The zero-order chi connectivity index (χ0) is 18.5. The quantitative estimate of drug-likeness (QED) is 0.761. The molecule has 3 N–H and O–H groups in total. The number of carbonyl (C=O) groups is 3. The molecule has 2 amide bonds. The highest BCUT2D eigenvalue weighted by molar-refractivity contribution is 6.02. The van der Waals surface area contributed by atoms with Crippen molar-refractivity contribution in [2.45, 2.75) is 32.1 Å². The summed E-state index contributed by atoms with van der Waals surface area (Å²) in [7, 11) is 0. The molecule has 0 saturated heterocycles. The van der Waals surface area contributed by atoms with Gasteiger partial charge in [0.2, 0.25) is 0 Å². The zero-order valence-corrected chi connectivity index (χ0v) is 14.2. The van der Waals surface area contributed by atoms with Crippen molar-refractivity contribution in [3.05, 3.63) is 59.2 Å². The van der Waals surface area contributed by atoms with Crippen molar-refractivity contribution in [1.82, 2.24) is 0 Å². The summed E-state index contributed by atoms with van der Waals surface area (Å²) in [5, 5.41) is 14.3. The Morgan fingerprint density at radius 2 is 1.77 bits per heavy atom. The Kier molecular flexibility index (Phi) is 5.31. The summed E-state index contributed by atoms with van der Waals surface area (Å²) < 4.78 is 0. The lowest BCUT2D eigenvalue weighted by Crippen LogP contribution is -2.20. The standard InChI is InChI=1S/C20H20N2O4/c23-18-6-2-4-14-12-16(8-9-17(14)18)22-20(26)21-15-5-1-3-13(11-15)7-10-19(24)25/h1,3,5,8-9,11-12H,2,4,6-7,10H2,(H,24,25)(H2,21,22,26). The number of nitrogens with one attached hydrogen (secondary N) is 2. The molecule has 0 fully saturated rings. The van der Waals surface area contributed by atoms with Crippen LogP contribution in [-0.4, -0.2) is 22.9 Å². The molecule has 0 aliphatic heterocycles. The fraction of sp³-hybridized carbons (Fsp3) is 0.250. The van der Waals surface area contributed by atoms with Crippen LogP contribution in [0.4, 0.5) is 16.2 Å². The fourth-order valence-corrected chi connectivity index (χ4v) is 3.07. The molecule has 0 radical (unpaired) electrons. The van der Waals surface area contributed by atoms with Crippen molar-refractivity contribution in [2.24, 2.45) is 0 Å². The van der Waals surface area contributed by atoms with Crippen LogP contribution in [0.2, 0.25) is 0 Å². The Labute approximate surface area is 151 Å². The molecule has 2 aromatic rings. The van der Waals surface area contributed by atoms with Crippen LogP contribution in [0.5, 0.6) is 0 Å². The summed E-state index contributed by atoms with van der Waals surface area (Å²) in [4.78, 5) is 34.7. The van der Waals surface area contributed by atoms with E-state index in [0.29, 0.717) is 24.2 Å². The van der Waals surface area contributed by atoms with Crippen molar-refractivity contribution in [3.63, 3.8) is 0 Å². The van der Waals surface area contributed by atoms with Gasteiger partial charge in [-0.1, -0.05) is 12.1 Å². The van der Waals surface area contributed by atoms with Crippen LogP contribution in [-0.2, 0) is 17.6 Å². The van der Waals surface area contributed by atoms with Gasteiger partial charge in [-0.05, 0) is 60.7 Å². The first-order valence-electron chi connectivity index (χ1n) is 8.56. The monoisotopic (exact) mass is 352 g/mol. The SMILES string of the molecule is O=C(O)CCc1cccc(NC(=O)Nc2ccc3c(c2)CCCC3=O)c1. The summed E-state index contributed by atoms with van der Waals surface area (Å²) >= 11 is 0. The van der Waals surface area contributed by atoms with Gasteiger partial charge in [0, 0.05) is 29.8 Å². The van der Waals surface area contributed by atoms with E-state index < -0.39 is 5.97 Å². The van der Waals surface area contributed by atoms with Gasteiger partial charge in [0.1, 0.15) is 0 Å². The molecule has 3 rings (SSSR count). The number of hydrogen-bond donors (Lipinski definition) is 3. The highest BCUT2D eigenvalue weighted by Gasteiger charge is 2.17. The van der Waals surface area contributed by atoms with Crippen molar-refractivity contribution >= 4 is 29.2 Å². The van der Waals surface area contributed by atoms with E-state index in [-0.39, 0.29) is 18.2 Å². The summed E-state index contributed by atoms with van der Waals surface area (Å²) in [6.07, 6.45) is 2.71.